The molecular weight excluding hydrogens is 95.7 g/mol. The molecule has 0 atom stereocenters. The third kappa shape index (κ3) is 18.3. The van der Waals surface area contributed by atoms with Gasteiger partial charge in [-0.05, 0) is 23.6 Å². The Balaban J connectivity index is 2.32. The SMILES string of the molecule is [B]N(Cl)Cl. The third-order valence-electron chi connectivity index (χ3n) is 0. The molecule has 0 spiro atoms. The summed E-state index contributed by atoms with van der Waals surface area (Å²) in [5, 5.41) is 0. The van der Waals surface area contributed by atoms with E-state index in [2.05, 4.69) is 31.5 Å². The van der Waals surface area contributed by atoms with Gasteiger partial charge in [-0.3, -0.25) is 0 Å². The standard InChI is InChI=1S/BCl2N/c1-4(2)3. The number of hydrogen-bond acceptors (Lipinski definition) is 1. The van der Waals surface area contributed by atoms with Gasteiger partial charge in [0.05, 0.1) is 0 Å². The largest absolute Gasteiger partial charge is 0.233 e. The first-order valence-corrected chi connectivity index (χ1v) is 1.27. The van der Waals surface area contributed by atoms with Crippen molar-refractivity contribution >= 4 is 31.5 Å². The van der Waals surface area contributed by atoms with Crippen LogP contribution in [0.15, 0.2) is 0 Å². The van der Waals surface area contributed by atoms with Crippen LogP contribution in [0.2, 0.25) is 0 Å². The lowest BCUT2D eigenvalue weighted by molar-refractivity contribution is 1.19. The summed E-state index contributed by atoms with van der Waals surface area (Å²) < 4.78 is 0.444. The van der Waals surface area contributed by atoms with Gasteiger partial charge < -0.3 is 0 Å². The van der Waals surface area contributed by atoms with Gasteiger partial charge in [0.1, 0.15) is 0 Å². The maximum Gasteiger partial charge on any atom is 0.233 e. The highest BCUT2D eigenvalue weighted by atomic mass is 35.5. The molecule has 0 aromatic rings. The molecule has 0 aliphatic heterocycles. The van der Waals surface area contributed by atoms with Gasteiger partial charge in [-0.25, -0.2) is 0 Å². The number of rotatable bonds is 0. The van der Waals surface area contributed by atoms with Gasteiger partial charge in [-0.1, -0.05) is 0 Å². The molecule has 0 aliphatic rings. The maximum absolute atomic E-state index is 4.65. The topological polar surface area (TPSA) is 3.24 Å². The fraction of sp³-hybridized carbons (Fsp3) is 0. The second kappa shape index (κ2) is 1.88. The van der Waals surface area contributed by atoms with Crippen molar-refractivity contribution in [3.8, 4) is 0 Å². The fourth-order valence-corrected chi connectivity index (χ4v) is 0. The predicted octanol–water partition coefficient (Wildman–Crippen LogP) is 0.679. The van der Waals surface area contributed by atoms with Crippen LogP contribution >= 0.6 is 23.6 Å². The summed E-state index contributed by atoms with van der Waals surface area (Å²) in [6, 6.07) is 0. The Hall–Kier alpha value is 0.605. The summed E-state index contributed by atoms with van der Waals surface area (Å²) in [5.74, 6) is 0. The molecule has 0 saturated carbocycles. The fourth-order valence-electron chi connectivity index (χ4n) is 0. The maximum atomic E-state index is 4.65. The van der Waals surface area contributed by atoms with Crippen LogP contribution in [0, 0.1) is 0 Å². The van der Waals surface area contributed by atoms with Crippen LogP contribution in [-0.2, 0) is 0 Å². The molecule has 4 heteroatoms. The molecule has 4 heavy (non-hydrogen) atoms. The van der Waals surface area contributed by atoms with Gasteiger partial charge in [-0.2, -0.15) is 3.85 Å². The summed E-state index contributed by atoms with van der Waals surface area (Å²) in [4.78, 5) is 0. The van der Waals surface area contributed by atoms with Crippen LogP contribution in [-0.4, -0.2) is 11.8 Å². The summed E-state index contributed by atoms with van der Waals surface area (Å²) >= 11 is 9.30. The van der Waals surface area contributed by atoms with E-state index in [0.717, 1.165) is 0 Å². The van der Waals surface area contributed by atoms with Crippen LogP contribution in [0.4, 0.5) is 0 Å². The van der Waals surface area contributed by atoms with E-state index >= 15 is 0 Å². The molecule has 2 radical (unpaired) electrons. The highest BCUT2D eigenvalue weighted by Crippen LogP contribution is 1.85. The van der Waals surface area contributed by atoms with Gasteiger partial charge in [0.25, 0.3) is 0 Å². The predicted molar refractivity (Wildman–Crippen MR) is 19.3 cm³/mol. The quantitative estimate of drug-likeness (QED) is 0.316. The lowest BCUT2D eigenvalue weighted by Gasteiger charge is -1.80. The summed E-state index contributed by atoms with van der Waals surface area (Å²) in [5.41, 5.74) is 0. The molecule has 0 unspecified atom stereocenters. The van der Waals surface area contributed by atoms with Crippen LogP contribution in [0.25, 0.3) is 0 Å². The van der Waals surface area contributed by atoms with E-state index in [9.17, 15) is 0 Å². The van der Waals surface area contributed by atoms with E-state index in [1.54, 1.807) is 0 Å². The first kappa shape index (κ1) is 4.60. The minimum Gasteiger partial charge on any atom is -0.192 e. The van der Waals surface area contributed by atoms with Gasteiger partial charge in [0.15, 0.2) is 0 Å². The lowest BCUT2D eigenvalue weighted by atomic mass is 10.5. The summed E-state index contributed by atoms with van der Waals surface area (Å²) in [7, 11) is 4.48. The van der Waals surface area contributed by atoms with Crippen LogP contribution in [0.1, 0.15) is 0 Å². The average Bonchev–Trinajstić information content (AvgIpc) is 0.811. The molecule has 0 fully saturated rings. The zero-order chi connectivity index (χ0) is 3.58. The molecular formula is BCl2N. The Labute approximate surface area is 36.1 Å². The third-order valence-corrected chi connectivity index (χ3v) is 0. The van der Waals surface area contributed by atoms with Gasteiger partial charge >= 0.3 is 0 Å². The van der Waals surface area contributed by atoms with Crippen molar-refractivity contribution in [1.82, 2.24) is 3.85 Å². The number of nitrogens with zero attached hydrogens (tertiary/aromatic N) is 1. The minimum atomic E-state index is 0.444. The van der Waals surface area contributed by atoms with Crippen LogP contribution < -0.4 is 0 Å². The molecule has 0 N–H and O–H groups in total. The Morgan fingerprint density at radius 1 is 1.50 bits per heavy atom. The zero-order valence-corrected chi connectivity index (χ0v) is 3.29. The Morgan fingerprint density at radius 2 is 1.50 bits per heavy atom. The second-order valence-electron chi connectivity index (χ2n) is 0.259. The number of halogens is 2. The molecule has 22 valence electrons. The van der Waals surface area contributed by atoms with Crippen molar-refractivity contribution in [2.24, 2.45) is 0 Å². The zero-order valence-electron chi connectivity index (χ0n) is 1.78. The first-order valence-electron chi connectivity index (χ1n) is 0.596. The molecule has 0 aromatic heterocycles. The molecule has 0 rings (SSSR count). The molecule has 0 bridgehead atoms. The van der Waals surface area contributed by atoms with Crippen molar-refractivity contribution in [1.29, 1.82) is 0 Å². The van der Waals surface area contributed by atoms with Crippen molar-refractivity contribution in [2.75, 3.05) is 0 Å². The average molecular weight is 95.7 g/mol. The van der Waals surface area contributed by atoms with E-state index in [1.807, 2.05) is 0 Å². The van der Waals surface area contributed by atoms with Crippen molar-refractivity contribution in [3.05, 3.63) is 0 Å². The van der Waals surface area contributed by atoms with E-state index < -0.39 is 0 Å². The molecule has 1 nitrogen and oxygen atoms in total. The molecule has 0 heterocycles. The van der Waals surface area contributed by atoms with E-state index in [0.29, 0.717) is 3.85 Å². The highest BCUT2D eigenvalue weighted by molar-refractivity contribution is 6.47. The molecule has 0 amide bonds. The summed E-state index contributed by atoms with van der Waals surface area (Å²) in [6.45, 7) is 0. The molecule has 0 aliphatic carbocycles. The normalized spacial score (nSPS) is 8.75. The van der Waals surface area contributed by atoms with E-state index in [4.69, 9.17) is 0 Å². The smallest absolute Gasteiger partial charge is 0.192 e. The first-order chi connectivity index (χ1) is 1.73. The van der Waals surface area contributed by atoms with Crippen molar-refractivity contribution in [2.45, 2.75) is 0 Å². The van der Waals surface area contributed by atoms with Crippen LogP contribution in [0.3, 0.4) is 0 Å². The minimum absolute atomic E-state index is 0.444. The number of hydrogen-bond donors (Lipinski definition) is 0. The van der Waals surface area contributed by atoms with Gasteiger partial charge in [0.2, 0.25) is 7.98 Å². The highest BCUT2D eigenvalue weighted by Gasteiger charge is 1.68. The lowest BCUT2D eigenvalue weighted by Crippen LogP contribution is -1.81. The second-order valence-corrected chi connectivity index (χ2v) is 1.16. The Bertz CT molecular complexity index is 10.8. The van der Waals surface area contributed by atoms with Gasteiger partial charge in [0, 0.05) is 0 Å². The monoisotopic (exact) mass is 95.0 g/mol. The Kier molecular flexibility index (Phi) is 2.17. The molecule has 0 aromatic carbocycles. The Morgan fingerprint density at radius 3 is 1.50 bits per heavy atom. The summed E-state index contributed by atoms with van der Waals surface area (Å²) in [6.07, 6.45) is 0. The molecule has 0 saturated heterocycles. The van der Waals surface area contributed by atoms with E-state index in [1.165, 1.54) is 0 Å². The van der Waals surface area contributed by atoms with Crippen LogP contribution in [0.5, 0.6) is 0 Å². The van der Waals surface area contributed by atoms with Gasteiger partial charge in [-0.15, -0.1) is 0 Å². The van der Waals surface area contributed by atoms with E-state index in [-0.39, 0.29) is 0 Å². The van der Waals surface area contributed by atoms with Crippen molar-refractivity contribution in [3.63, 3.8) is 0 Å². The van der Waals surface area contributed by atoms with Crippen molar-refractivity contribution < 1.29 is 0 Å².